The zero-order chi connectivity index (χ0) is 19.1. The van der Waals surface area contributed by atoms with Crippen molar-refractivity contribution in [2.24, 2.45) is 0 Å². The number of nitro benzene ring substituents is 1. The monoisotopic (exact) mass is 360 g/mol. The van der Waals surface area contributed by atoms with Gasteiger partial charge in [0.15, 0.2) is 11.5 Å². The lowest BCUT2D eigenvalue weighted by Crippen LogP contribution is -2.09. The zero-order valence-electron chi connectivity index (χ0n) is 14.2. The van der Waals surface area contributed by atoms with Gasteiger partial charge in [0.05, 0.1) is 24.3 Å². The third-order valence-corrected chi connectivity index (χ3v) is 3.33. The predicted octanol–water partition coefficient (Wildman–Crippen LogP) is 3.79. The Morgan fingerprint density at radius 2 is 2.04 bits per heavy atom. The number of halogens is 1. The molecule has 0 aromatic heterocycles. The van der Waals surface area contributed by atoms with Crippen LogP contribution in [-0.4, -0.2) is 24.5 Å². The molecule has 0 fully saturated rings. The number of non-ortho nitro benzene ring substituents is 1. The summed E-state index contributed by atoms with van der Waals surface area (Å²) in [4.78, 5) is 22.0. The minimum Gasteiger partial charge on any atom is -0.493 e. The van der Waals surface area contributed by atoms with Crippen molar-refractivity contribution in [3.8, 4) is 11.5 Å². The van der Waals surface area contributed by atoms with Gasteiger partial charge in [0.25, 0.3) is 5.69 Å². The van der Waals surface area contributed by atoms with Gasteiger partial charge in [0.1, 0.15) is 5.82 Å². The topological polar surface area (TPSA) is 90.7 Å². The van der Waals surface area contributed by atoms with E-state index >= 15 is 0 Å². The average Bonchev–Trinajstić information content (AvgIpc) is 2.62. The van der Waals surface area contributed by atoms with Crippen LogP contribution in [0.5, 0.6) is 11.5 Å². The molecule has 0 heterocycles. The molecule has 0 aliphatic heterocycles. The number of ether oxygens (including phenoxy) is 2. The number of benzene rings is 2. The first-order chi connectivity index (χ1) is 12.4. The Balaban J connectivity index is 2.12. The van der Waals surface area contributed by atoms with Crippen molar-refractivity contribution in [3.63, 3.8) is 0 Å². The fourth-order valence-corrected chi connectivity index (χ4v) is 2.13. The number of hydrogen-bond donors (Lipinski definition) is 1. The second-order valence-electron chi connectivity index (χ2n) is 5.09. The van der Waals surface area contributed by atoms with Crippen LogP contribution in [0.3, 0.4) is 0 Å². The number of nitrogens with zero attached hydrogens (tertiary/aromatic N) is 1. The molecule has 1 amide bonds. The highest BCUT2D eigenvalue weighted by atomic mass is 19.1. The van der Waals surface area contributed by atoms with Gasteiger partial charge < -0.3 is 14.8 Å². The molecule has 2 aromatic carbocycles. The molecule has 0 spiro atoms. The number of hydrogen-bond acceptors (Lipinski definition) is 5. The van der Waals surface area contributed by atoms with Crippen LogP contribution in [0.1, 0.15) is 12.5 Å². The summed E-state index contributed by atoms with van der Waals surface area (Å²) in [6.45, 7) is 2.34. The third kappa shape index (κ3) is 4.79. The van der Waals surface area contributed by atoms with Gasteiger partial charge >= 0.3 is 0 Å². The van der Waals surface area contributed by atoms with Crippen LogP contribution in [0.4, 0.5) is 15.8 Å². The summed E-state index contributed by atoms with van der Waals surface area (Å²) in [6, 6.07) is 8.02. The molecule has 0 bridgehead atoms. The van der Waals surface area contributed by atoms with E-state index in [0.29, 0.717) is 23.7 Å². The van der Waals surface area contributed by atoms with Gasteiger partial charge in [-0.2, -0.15) is 0 Å². The van der Waals surface area contributed by atoms with Gasteiger partial charge in [-0.3, -0.25) is 14.9 Å². The fraction of sp³-hybridized carbons (Fsp3) is 0.167. The molecular weight excluding hydrogens is 343 g/mol. The summed E-state index contributed by atoms with van der Waals surface area (Å²) in [6.07, 6.45) is 2.69. The second kappa shape index (κ2) is 8.61. The molecule has 0 saturated carbocycles. The van der Waals surface area contributed by atoms with Crippen LogP contribution in [0.2, 0.25) is 0 Å². The standard InChI is InChI=1S/C18H17FN2O5/c1-3-26-16-8-4-12(10-17(16)25-2)5-9-18(22)20-15-11-13(21(23)24)6-7-14(15)19/h4-11H,3H2,1-2H3,(H,20,22)/b9-5+. The number of nitro groups is 1. The molecule has 2 aromatic rings. The summed E-state index contributed by atoms with van der Waals surface area (Å²) in [5.74, 6) is -0.299. The van der Waals surface area contributed by atoms with E-state index in [1.165, 1.54) is 19.3 Å². The van der Waals surface area contributed by atoms with E-state index in [9.17, 15) is 19.3 Å². The van der Waals surface area contributed by atoms with Crippen molar-refractivity contribution in [1.82, 2.24) is 0 Å². The van der Waals surface area contributed by atoms with Crippen LogP contribution in [-0.2, 0) is 4.79 Å². The molecule has 0 aliphatic carbocycles. The maximum Gasteiger partial charge on any atom is 0.271 e. The van der Waals surface area contributed by atoms with Crippen LogP contribution in [0.15, 0.2) is 42.5 Å². The van der Waals surface area contributed by atoms with Gasteiger partial charge in [-0.05, 0) is 36.8 Å². The molecule has 0 unspecified atom stereocenters. The highest BCUT2D eigenvalue weighted by molar-refractivity contribution is 6.02. The molecule has 26 heavy (non-hydrogen) atoms. The number of anilines is 1. The van der Waals surface area contributed by atoms with E-state index in [4.69, 9.17) is 9.47 Å². The van der Waals surface area contributed by atoms with Crippen LogP contribution in [0, 0.1) is 15.9 Å². The smallest absolute Gasteiger partial charge is 0.271 e. The molecule has 0 aliphatic rings. The summed E-state index contributed by atoms with van der Waals surface area (Å²) in [7, 11) is 1.50. The lowest BCUT2D eigenvalue weighted by atomic mass is 10.2. The van der Waals surface area contributed by atoms with Gasteiger partial charge in [0, 0.05) is 18.2 Å². The van der Waals surface area contributed by atoms with Crippen molar-refractivity contribution < 1.29 is 23.6 Å². The van der Waals surface area contributed by atoms with Gasteiger partial charge in [0.2, 0.25) is 5.91 Å². The number of methoxy groups -OCH3 is 1. The summed E-state index contributed by atoms with van der Waals surface area (Å²) < 4.78 is 24.3. The van der Waals surface area contributed by atoms with E-state index in [0.717, 1.165) is 18.2 Å². The Morgan fingerprint density at radius 3 is 2.69 bits per heavy atom. The molecule has 0 atom stereocenters. The molecule has 7 nitrogen and oxygen atoms in total. The lowest BCUT2D eigenvalue weighted by molar-refractivity contribution is -0.384. The Morgan fingerprint density at radius 1 is 1.27 bits per heavy atom. The normalized spacial score (nSPS) is 10.6. The first-order valence-corrected chi connectivity index (χ1v) is 7.68. The maximum atomic E-state index is 13.7. The van der Waals surface area contributed by atoms with E-state index in [2.05, 4.69) is 5.32 Å². The Bertz CT molecular complexity index is 851. The molecule has 136 valence electrons. The number of carbonyl (C=O) groups is 1. The zero-order valence-corrected chi connectivity index (χ0v) is 14.2. The average molecular weight is 360 g/mol. The summed E-state index contributed by atoms with van der Waals surface area (Å²) in [5, 5.41) is 13.0. The maximum absolute atomic E-state index is 13.7. The molecule has 0 saturated heterocycles. The molecule has 2 rings (SSSR count). The van der Waals surface area contributed by atoms with Crippen molar-refractivity contribution in [2.75, 3.05) is 19.0 Å². The first-order valence-electron chi connectivity index (χ1n) is 7.68. The Kier molecular flexibility index (Phi) is 6.26. The van der Waals surface area contributed by atoms with Gasteiger partial charge in [-0.1, -0.05) is 6.07 Å². The van der Waals surface area contributed by atoms with Crippen LogP contribution >= 0.6 is 0 Å². The van der Waals surface area contributed by atoms with Crippen molar-refractivity contribution in [1.29, 1.82) is 0 Å². The SMILES string of the molecule is CCOc1ccc(/C=C/C(=O)Nc2cc([N+](=O)[O-])ccc2F)cc1OC. The second-order valence-corrected chi connectivity index (χ2v) is 5.09. The summed E-state index contributed by atoms with van der Waals surface area (Å²) >= 11 is 0. The lowest BCUT2D eigenvalue weighted by Gasteiger charge is -2.09. The Hall–Kier alpha value is -3.42. The highest BCUT2D eigenvalue weighted by Crippen LogP contribution is 2.28. The summed E-state index contributed by atoms with van der Waals surface area (Å²) in [5.41, 5.74) is 0.0834. The van der Waals surface area contributed by atoms with E-state index < -0.39 is 16.6 Å². The Labute approximate surface area is 149 Å². The number of amides is 1. The number of rotatable bonds is 7. The van der Waals surface area contributed by atoms with Crippen LogP contribution < -0.4 is 14.8 Å². The van der Waals surface area contributed by atoms with Crippen molar-refractivity contribution in [3.05, 3.63) is 64.0 Å². The van der Waals surface area contributed by atoms with Crippen LogP contribution in [0.25, 0.3) is 6.08 Å². The number of nitrogens with one attached hydrogen (secondary N) is 1. The van der Waals surface area contributed by atoms with Gasteiger partial charge in [-0.15, -0.1) is 0 Å². The van der Waals surface area contributed by atoms with E-state index in [1.54, 1.807) is 18.2 Å². The van der Waals surface area contributed by atoms with Gasteiger partial charge in [-0.25, -0.2) is 4.39 Å². The van der Waals surface area contributed by atoms with Crippen molar-refractivity contribution in [2.45, 2.75) is 6.92 Å². The minimum atomic E-state index is -0.764. The van der Waals surface area contributed by atoms with E-state index in [1.807, 2.05) is 6.92 Å². The van der Waals surface area contributed by atoms with Crippen molar-refractivity contribution >= 4 is 23.4 Å². The quantitative estimate of drug-likeness (QED) is 0.461. The molecule has 1 N–H and O–H groups in total. The largest absolute Gasteiger partial charge is 0.493 e. The van der Waals surface area contributed by atoms with E-state index in [-0.39, 0.29) is 11.4 Å². The third-order valence-electron chi connectivity index (χ3n) is 3.33. The molecule has 0 radical (unpaired) electrons. The highest BCUT2D eigenvalue weighted by Gasteiger charge is 2.12. The first kappa shape index (κ1) is 18.9. The molecular formula is C18H17FN2O5. The molecule has 8 heteroatoms. The minimum absolute atomic E-state index is 0.266. The number of carbonyl (C=O) groups excluding carboxylic acids is 1. The fourth-order valence-electron chi connectivity index (χ4n) is 2.13. The predicted molar refractivity (Wildman–Crippen MR) is 94.9 cm³/mol.